The Morgan fingerprint density at radius 3 is 1.92 bits per heavy atom. The topological polar surface area (TPSA) is 131 Å². The molecule has 0 aromatic rings. The van der Waals surface area contributed by atoms with Crippen LogP contribution in [0.25, 0.3) is 0 Å². The number of aliphatic carboxylic acids is 1. The van der Waals surface area contributed by atoms with Crippen molar-refractivity contribution in [1.82, 2.24) is 10.2 Å². The van der Waals surface area contributed by atoms with Crippen LogP contribution in [0.4, 0.5) is 4.79 Å². The second-order valence-corrected chi connectivity index (χ2v) is 16.9. The molecule has 1 saturated heterocycles. The molecule has 2 saturated carbocycles. The van der Waals surface area contributed by atoms with Crippen molar-refractivity contribution in [3.63, 3.8) is 0 Å². The number of carboxylic acid groups (broad SMARTS) is 1. The maximum atomic E-state index is 13.8. The van der Waals surface area contributed by atoms with Gasteiger partial charge in [0.1, 0.15) is 6.10 Å². The highest BCUT2D eigenvalue weighted by Gasteiger charge is 2.56. The summed E-state index contributed by atoms with van der Waals surface area (Å²) in [6.45, 7) is 9.91. The Labute approximate surface area is 304 Å². The number of carboxylic acids is 1. The third kappa shape index (κ3) is 12.0. The van der Waals surface area contributed by atoms with E-state index in [9.17, 15) is 19.5 Å². The Morgan fingerprint density at radius 2 is 1.36 bits per heavy atom. The first-order chi connectivity index (χ1) is 23.8. The molecule has 9 heteroatoms. The van der Waals surface area contributed by atoms with Gasteiger partial charge in [-0.05, 0) is 71.6 Å². The number of allylic oxidation sites excluding steroid dienone is 2. The van der Waals surface area contributed by atoms with E-state index in [1.165, 1.54) is 44.9 Å². The van der Waals surface area contributed by atoms with Crippen LogP contribution in [-0.4, -0.2) is 64.0 Å². The van der Waals surface area contributed by atoms with Crippen molar-refractivity contribution < 1.29 is 29.0 Å². The van der Waals surface area contributed by atoms with E-state index in [0.717, 1.165) is 89.9 Å². The molecule has 0 aromatic heterocycles. The van der Waals surface area contributed by atoms with E-state index in [4.69, 9.17) is 15.2 Å². The van der Waals surface area contributed by atoms with Crippen molar-refractivity contribution in [2.24, 2.45) is 17.1 Å². The minimum absolute atomic E-state index is 0.0869. The molecule has 2 unspecified atom stereocenters. The lowest BCUT2D eigenvalue weighted by Crippen LogP contribution is -2.69. The SMILES string of the molecule is CCCCCCCCC/C=C/CCCCCC1(N(C(N)=O)C2(C(CNC(=O)C3OC(C)(C)OCC3(C)C)C(=O)O)CCCCCC2)CCCC1. The second-order valence-electron chi connectivity index (χ2n) is 16.9. The maximum Gasteiger partial charge on any atom is 0.315 e. The first-order valence-electron chi connectivity index (χ1n) is 20.4. The molecule has 0 bridgehead atoms. The van der Waals surface area contributed by atoms with Crippen LogP contribution in [0.2, 0.25) is 0 Å². The molecule has 9 nitrogen and oxygen atoms in total. The van der Waals surface area contributed by atoms with Gasteiger partial charge in [-0.15, -0.1) is 0 Å². The van der Waals surface area contributed by atoms with Gasteiger partial charge in [-0.25, -0.2) is 4.79 Å². The number of primary amides is 1. The van der Waals surface area contributed by atoms with Gasteiger partial charge in [0.25, 0.3) is 0 Å². The van der Waals surface area contributed by atoms with Crippen LogP contribution < -0.4 is 11.1 Å². The number of hydrogen-bond acceptors (Lipinski definition) is 5. The highest BCUT2D eigenvalue weighted by Crippen LogP contribution is 2.49. The van der Waals surface area contributed by atoms with Crippen LogP contribution in [0.5, 0.6) is 0 Å². The largest absolute Gasteiger partial charge is 0.481 e. The second kappa shape index (κ2) is 20.2. The molecule has 288 valence electrons. The van der Waals surface area contributed by atoms with E-state index in [2.05, 4.69) is 24.4 Å². The molecule has 3 aliphatic rings. The third-order valence-electron chi connectivity index (χ3n) is 11.9. The summed E-state index contributed by atoms with van der Waals surface area (Å²) in [7, 11) is 0. The summed E-state index contributed by atoms with van der Waals surface area (Å²) in [6.07, 6.45) is 27.9. The lowest BCUT2D eigenvalue weighted by molar-refractivity contribution is -0.304. The smallest absolute Gasteiger partial charge is 0.315 e. The molecule has 1 heterocycles. The molecule has 3 amide bonds. The van der Waals surface area contributed by atoms with Gasteiger partial charge in [0.05, 0.1) is 18.1 Å². The van der Waals surface area contributed by atoms with E-state index >= 15 is 0 Å². The van der Waals surface area contributed by atoms with Gasteiger partial charge in [0, 0.05) is 17.5 Å². The predicted molar refractivity (Wildman–Crippen MR) is 201 cm³/mol. The molecule has 2 aliphatic carbocycles. The van der Waals surface area contributed by atoms with E-state index in [-0.39, 0.29) is 12.5 Å². The zero-order chi connectivity index (χ0) is 36.7. The van der Waals surface area contributed by atoms with E-state index < -0.39 is 46.3 Å². The highest BCUT2D eigenvalue weighted by atomic mass is 16.7. The summed E-state index contributed by atoms with van der Waals surface area (Å²) in [5.74, 6) is -3.26. The number of rotatable bonds is 21. The summed E-state index contributed by atoms with van der Waals surface area (Å²) >= 11 is 0. The van der Waals surface area contributed by atoms with Crippen molar-refractivity contribution in [3.05, 3.63) is 12.2 Å². The number of nitrogens with two attached hydrogens (primary N) is 1. The summed E-state index contributed by atoms with van der Waals surface area (Å²) in [5.41, 5.74) is 4.33. The van der Waals surface area contributed by atoms with Gasteiger partial charge in [-0.2, -0.15) is 0 Å². The van der Waals surface area contributed by atoms with Gasteiger partial charge in [0.2, 0.25) is 5.91 Å². The minimum Gasteiger partial charge on any atom is -0.481 e. The molecule has 0 spiro atoms. The van der Waals surface area contributed by atoms with Gasteiger partial charge in [-0.3, -0.25) is 9.59 Å². The number of urea groups is 1. The van der Waals surface area contributed by atoms with Crippen LogP contribution in [0.3, 0.4) is 0 Å². The van der Waals surface area contributed by atoms with Gasteiger partial charge in [-0.1, -0.05) is 123 Å². The molecule has 0 radical (unpaired) electrons. The zero-order valence-corrected chi connectivity index (χ0v) is 32.5. The van der Waals surface area contributed by atoms with Crippen LogP contribution in [0.15, 0.2) is 12.2 Å². The average molecular weight is 704 g/mol. The Balaban J connectivity index is 1.70. The quantitative estimate of drug-likeness (QED) is 0.0620. The molecule has 2 atom stereocenters. The molecule has 0 aromatic carbocycles. The normalized spacial score (nSPS) is 23.3. The average Bonchev–Trinajstić information content (AvgIpc) is 3.39. The zero-order valence-electron chi connectivity index (χ0n) is 32.5. The Morgan fingerprint density at radius 1 is 0.820 bits per heavy atom. The number of unbranched alkanes of at least 4 members (excludes halogenated alkanes) is 10. The van der Waals surface area contributed by atoms with Crippen LogP contribution >= 0.6 is 0 Å². The molecule has 1 aliphatic heterocycles. The summed E-state index contributed by atoms with van der Waals surface area (Å²) in [4.78, 5) is 42.6. The fourth-order valence-electron chi connectivity index (χ4n) is 9.08. The van der Waals surface area contributed by atoms with E-state index in [1.807, 2.05) is 18.7 Å². The summed E-state index contributed by atoms with van der Waals surface area (Å²) < 4.78 is 11.9. The van der Waals surface area contributed by atoms with Crippen LogP contribution in [0, 0.1) is 11.3 Å². The minimum atomic E-state index is -0.998. The number of amides is 3. The van der Waals surface area contributed by atoms with Crippen molar-refractivity contribution in [2.45, 2.75) is 205 Å². The molecule has 3 rings (SSSR count). The van der Waals surface area contributed by atoms with Gasteiger partial charge < -0.3 is 30.5 Å². The van der Waals surface area contributed by atoms with Crippen LogP contribution in [0.1, 0.15) is 182 Å². The summed E-state index contributed by atoms with van der Waals surface area (Å²) in [5, 5.41) is 13.8. The molecule has 3 fully saturated rings. The highest BCUT2D eigenvalue weighted by molar-refractivity contribution is 5.83. The number of ether oxygens (including phenoxy) is 2. The van der Waals surface area contributed by atoms with Gasteiger partial charge in [0.15, 0.2) is 5.79 Å². The van der Waals surface area contributed by atoms with Crippen molar-refractivity contribution in [3.8, 4) is 0 Å². The first-order valence-corrected chi connectivity index (χ1v) is 20.4. The fourth-order valence-corrected chi connectivity index (χ4v) is 9.08. The maximum absolute atomic E-state index is 13.8. The number of nitrogens with zero attached hydrogens (tertiary/aromatic N) is 1. The van der Waals surface area contributed by atoms with Crippen molar-refractivity contribution in [1.29, 1.82) is 0 Å². The number of carbonyl (C=O) groups is 3. The standard InChI is InChI=1S/C41H73N3O6/c1-6-7-8-9-10-11-12-13-14-15-16-17-18-21-26-40(27-24-25-28-40)44(37(42)48)41(29-22-19-20-23-30-41)33(36(46)47)31-43-35(45)34-38(2,3)32-49-39(4,5)50-34/h14-15,33-34H,6-13,16-32H2,1-5H3,(H2,42,48)(H,43,45)(H,46,47)/b15-14+. The van der Waals surface area contributed by atoms with Crippen LogP contribution in [-0.2, 0) is 19.1 Å². The lowest BCUT2D eigenvalue weighted by Gasteiger charge is -2.55. The predicted octanol–water partition coefficient (Wildman–Crippen LogP) is 9.41. The Hall–Kier alpha value is -2.13. The fraction of sp³-hybridized carbons (Fsp3) is 0.878. The number of carbonyl (C=O) groups excluding carboxylic acids is 2. The number of hydrogen-bond donors (Lipinski definition) is 3. The van der Waals surface area contributed by atoms with E-state index in [1.54, 1.807) is 13.8 Å². The Kier molecular flexibility index (Phi) is 17.1. The van der Waals surface area contributed by atoms with Gasteiger partial charge >= 0.3 is 12.0 Å². The van der Waals surface area contributed by atoms with Crippen molar-refractivity contribution >= 4 is 17.9 Å². The summed E-state index contributed by atoms with van der Waals surface area (Å²) in [6, 6.07) is -0.518. The molecular formula is C41H73N3O6. The Bertz CT molecular complexity index is 1070. The monoisotopic (exact) mass is 704 g/mol. The molecule has 50 heavy (non-hydrogen) atoms. The first kappa shape index (κ1) is 42.3. The van der Waals surface area contributed by atoms with E-state index in [0.29, 0.717) is 19.4 Å². The molecular weight excluding hydrogens is 630 g/mol. The number of nitrogens with one attached hydrogen (secondary N) is 1. The third-order valence-corrected chi connectivity index (χ3v) is 11.9. The molecule has 4 N–H and O–H groups in total. The lowest BCUT2D eigenvalue weighted by atomic mass is 9.72. The van der Waals surface area contributed by atoms with Crippen molar-refractivity contribution in [2.75, 3.05) is 13.2 Å².